The number of aryl methyl sites for hydroxylation is 1. The summed E-state index contributed by atoms with van der Waals surface area (Å²) in [7, 11) is 0. The highest BCUT2D eigenvalue weighted by Gasteiger charge is 2.35. The number of hydrogen-bond donors (Lipinski definition) is 3. The van der Waals surface area contributed by atoms with Gasteiger partial charge in [0.15, 0.2) is 0 Å². The number of aliphatic hydroxyl groups excluding tert-OH is 1. The number of nitrogens with one attached hydrogen (secondary N) is 2. The van der Waals surface area contributed by atoms with Crippen LogP contribution in [-0.4, -0.2) is 39.3 Å². The Hall–Kier alpha value is -1.93. The van der Waals surface area contributed by atoms with E-state index < -0.39 is 29.7 Å². The Kier molecular flexibility index (Phi) is 5.15. The summed E-state index contributed by atoms with van der Waals surface area (Å²) in [5.41, 5.74) is -0.635. The molecule has 1 saturated heterocycles. The van der Waals surface area contributed by atoms with Gasteiger partial charge in [-0.2, -0.15) is 0 Å². The van der Waals surface area contributed by atoms with E-state index in [9.17, 15) is 19.5 Å². The minimum atomic E-state index is -0.786. The second kappa shape index (κ2) is 6.89. The number of carbonyl (C=O) groups excluding carboxylic acids is 1. The van der Waals surface area contributed by atoms with E-state index in [1.54, 1.807) is 6.92 Å². The van der Waals surface area contributed by atoms with Crippen LogP contribution < -0.4 is 16.6 Å². The van der Waals surface area contributed by atoms with Crippen molar-refractivity contribution in [1.29, 1.82) is 0 Å². The molecule has 1 amide bonds. The molecule has 0 aliphatic carbocycles. The monoisotopic (exact) mass is 311 g/mol. The number of aromatic amines is 1. The Morgan fingerprint density at radius 1 is 1.55 bits per heavy atom. The Morgan fingerprint density at radius 2 is 2.27 bits per heavy atom. The first-order valence-corrected chi connectivity index (χ1v) is 7.34. The van der Waals surface area contributed by atoms with Crippen molar-refractivity contribution < 1.29 is 14.6 Å². The summed E-state index contributed by atoms with van der Waals surface area (Å²) in [6.07, 6.45) is 0.775. The predicted molar refractivity (Wildman–Crippen MR) is 78.5 cm³/mol. The molecule has 0 radical (unpaired) electrons. The van der Waals surface area contributed by atoms with Crippen LogP contribution in [0.4, 0.5) is 0 Å². The Labute approximate surface area is 127 Å². The lowest BCUT2D eigenvalue weighted by molar-refractivity contribution is -0.122. The Morgan fingerprint density at radius 3 is 2.95 bits per heavy atom. The van der Waals surface area contributed by atoms with Gasteiger partial charge in [-0.15, -0.1) is 0 Å². The average molecular weight is 311 g/mol. The quantitative estimate of drug-likeness (QED) is 0.672. The number of aromatic nitrogens is 2. The summed E-state index contributed by atoms with van der Waals surface area (Å²) in [5.74, 6) is -0.0983. The molecule has 0 saturated carbocycles. The molecule has 0 bridgehead atoms. The van der Waals surface area contributed by atoms with Crippen molar-refractivity contribution in [2.24, 2.45) is 0 Å². The van der Waals surface area contributed by atoms with Gasteiger partial charge in [0, 0.05) is 31.1 Å². The smallest absolute Gasteiger partial charge is 0.330 e. The van der Waals surface area contributed by atoms with Gasteiger partial charge in [0.1, 0.15) is 12.3 Å². The van der Waals surface area contributed by atoms with Crippen LogP contribution in [0.25, 0.3) is 0 Å². The molecule has 2 rings (SSSR count). The van der Waals surface area contributed by atoms with Crippen LogP contribution >= 0.6 is 0 Å². The van der Waals surface area contributed by atoms with E-state index in [0.717, 1.165) is 6.42 Å². The first-order chi connectivity index (χ1) is 10.4. The van der Waals surface area contributed by atoms with Gasteiger partial charge in [0.2, 0.25) is 5.91 Å². The second-order valence-corrected chi connectivity index (χ2v) is 5.46. The molecular weight excluding hydrogens is 290 g/mol. The fourth-order valence-electron chi connectivity index (χ4n) is 2.40. The maximum absolute atomic E-state index is 11.8. The first kappa shape index (κ1) is 16.4. The van der Waals surface area contributed by atoms with Crippen LogP contribution in [-0.2, 0) is 9.53 Å². The van der Waals surface area contributed by atoms with Gasteiger partial charge < -0.3 is 15.2 Å². The number of carbonyl (C=O) groups is 1. The predicted octanol–water partition coefficient (Wildman–Crippen LogP) is -0.590. The third-order valence-electron chi connectivity index (χ3n) is 3.64. The van der Waals surface area contributed by atoms with Gasteiger partial charge in [-0.3, -0.25) is 19.1 Å². The molecule has 3 atom stereocenters. The number of H-pyrrole nitrogens is 1. The fraction of sp³-hybridized carbons (Fsp3) is 0.643. The van der Waals surface area contributed by atoms with Gasteiger partial charge >= 0.3 is 5.69 Å². The van der Waals surface area contributed by atoms with Gasteiger partial charge in [0.25, 0.3) is 5.56 Å². The van der Waals surface area contributed by atoms with Gasteiger partial charge in [-0.05, 0) is 13.3 Å². The molecule has 8 nitrogen and oxygen atoms in total. The zero-order chi connectivity index (χ0) is 16.3. The minimum Gasteiger partial charge on any atom is -0.390 e. The molecule has 122 valence electrons. The molecule has 8 heteroatoms. The van der Waals surface area contributed by atoms with Crippen molar-refractivity contribution in [3.05, 3.63) is 32.6 Å². The Balaban J connectivity index is 2.04. The SMILES string of the molecule is CCCC(=O)NC[C@H]1O[C@@H](n2cc(C)c(=O)[nH]c2=O)C[C@@H]1O. The van der Waals surface area contributed by atoms with Crippen molar-refractivity contribution in [1.82, 2.24) is 14.9 Å². The molecule has 1 aromatic heterocycles. The van der Waals surface area contributed by atoms with Gasteiger partial charge in [-0.1, -0.05) is 6.92 Å². The molecule has 2 heterocycles. The minimum absolute atomic E-state index is 0.0983. The zero-order valence-electron chi connectivity index (χ0n) is 12.7. The third kappa shape index (κ3) is 3.63. The van der Waals surface area contributed by atoms with Gasteiger partial charge in [-0.25, -0.2) is 4.79 Å². The highest BCUT2D eigenvalue weighted by atomic mass is 16.5. The van der Waals surface area contributed by atoms with Crippen molar-refractivity contribution in [2.75, 3.05) is 6.54 Å². The molecule has 1 aliphatic rings. The summed E-state index contributed by atoms with van der Waals surface area (Å²) in [6, 6.07) is 0. The molecule has 3 N–H and O–H groups in total. The van der Waals surface area contributed by atoms with Crippen LogP contribution in [0.5, 0.6) is 0 Å². The Bertz CT molecular complexity index is 651. The molecule has 0 spiro atoms. The third-order valence-corrected chi connectivity index (χ3v) is 3.64. The molecular formula is C14H21N3O5. The second-order valence-electron chi connectivity index (χ2n) is 5.46. The summed E-state index contributed by atoms with van der Waals surface area (Å²) < 4.78 is 6.90. The van der Waals surface area contributed by atoms with E-state index in [4.69, 9.17) is 4.74 Å². The lowest BCUT2D eigenvalue weighted by Gasteiger charge is -2.16. The summed E-state index contributed by atoms with van der Waals surface area (Å²) in [6.45, 7) is 3.68. The van der Waals surface area contributed by atoms with E-state index in [1.165, 1.54) is 10.8 Å². The van der Waals surface area contributed by atoms with E-state index in [-0.39, 0.29) is 18.9 Å². The van der Waals surface area contributed by atoms with Crippen LogP contribution in [0.1, 0.15) is 38.0 Å². The summed E-state index contributed by atoms with van der Waals surface area (Å²) >= 11 is 0. The molecule has 1 fully saturated rings. The van der Waals surface area contributed by atoms with E-state index >= 15 is 0 Å². The zero-order valence-corrected chi connectivity index (χ0v) is 12.7. The van der Waals surface area contributed by atoms with Crippen molar-refractivity contribution in [2.45, 2.75) is 51.5 Å². The van der Waals surface area contributed by atoms with E-state index in [0.29, 0.717) is 12.0 Å². The lowest BCUT2D eigenvalue weighted by Crippen LogP contribution is -2.37. The maximum atomic E-state index is 11.8. The molecule has 0 unspecified atom stereocenters. The standard InChI is InChI=1S/C14H21N3O5/c1-3-4-11(19)15-6-10-9(18)5-12(22-10)17-7-8(2)13(20)16-14(17)21/h7,9-10,12,18H,3-6H2,1-2H3,(H,15,19)(H,16,20,21)/t9-,10+,12+/m0/s1. The number of rotatable bonds is 5. The topological polar surface area (TPSA) is 113 Å². The number of hydrogen-bond acceptors (Lipinski definition) is 5. The molecule has 1 aromatic rings. The van der Waals surface area contributed by atoms with Crippen molar-refractivity contribution >= 4 is 5.91 Å². The number of nitrogens with zero attached hydrogens (tertiary/aromatic N) is 1. The van der Waals surface area contributed by atoms with Crippen molar-refractivity contribution in [3.63, 3.8) is 0 Å². The largest absolute Gasteiger partial charge is 0.390 e. The number of ether oxygens (including phenoxy) is 1. The van der Waals surface area contributed by atoms with E-state index in [1.807, 2.05) is 6.92 Å². The molecule has 22 heavy (non-hydrogen) atoms. The highest BCUT2D eigenvalue weighted by molar-refractivity contribution is 5.75. The summed E-state index contributed by atoms with van der Waals surface area (Å²) in [5, 5.41) is 12.7. The van der Waals surface area contributed by atoms with Gasteiger partial charge in [0.05, 0.1) is 6.10 Å². The average Bonchev–Trinajstić information content (AvgIpc) is 2.82. The van der Waals surface area contributed by atoms with Crippen LogP contribution in [0.15, 0.2) is 15.8 Å². The first-order valence-electron chi connectivity index (χ1n) is 7.34. The molecule has 1 aliphatic heterocycles. The molecule has 0 aromatic carbocycles. The van der Waals surface area contributed by atoms with Crippen LogP contribution in [0, 0.1) is 6.92 Å². The lowest BCUT2D eigenvalue weighted by atomic mass is 10.1. The van der Waals surface area contributed by atoms with Crippen LogP contribution in [0.3, 0.4) is 0 Å². The fourth-order valence-corrected chi connectivity index (χ4v) is 2.40. The van der Waals surface area contributed by atoms with E-state index in [2.05, 4.69) is 10.3 Å². The highest BCUT2D eigenvalue weighted by Crippen LogP contribution is 2.27. The maximum Gasteiger partial charge on any atom is 0.330 e. The summed E-state index contributed by atoms with van der Waals surface area (Å²) in [4.78, 5) is 36.8. The van der Waals surface area contributed by atoms with Crippen LogP contribution in [0.2, 0.25) is 0 Å². The normalized spacial score (nSPS) is 24.4. The number of aliphatic hydroxyl groups is 1. The van der Waals surface area contributed by atoms with Crippen molar-refractivity contribution in [3.8, 4) is 0 Å². The number of amides is 1.